The van der Waals surface area contributed by atoms with Gasteiger partial charge in [0.25, 0.3) is 23.6 Å². The van der Waals surface area contributed by atoms with E-state index in [0.717, 1.165) is 32.9 Å². The molecular weight excluding hydrogens is 1100 g/mol. The minimum Gasteiger partial charge on any atom is -0.497 e. The molecule has 0 fully saturated rings. The Hall–Kier alpha value is -8.59. The normalized spacial score (nSPS) is 17.7. The van der Waals surface area contributed by atoms with Crippen LogP contribution in [0.25, 0.3) is 11.1 Å². The van der Waals surface area contributed by atoms with E-state index in [4.69, 9.17) is 33.7 Å². The van der Waals surface area contributed by atoms with Gasteiger partial charge < -0.3 is 49.4 Å². The zero-order valence-corrected chi connectivity index (χ0v) is 47.4. The summed E-state index contributed by atoms with van der Waals surface area (Å²) >= 11 is 3.08. The Morgan fingerprint density at radius 1 is 0.642 bits per heavy atom. The lowest BCUT2D eigenvalue weighted by Crippen LogP contribution is -2.53. The molecule has 5 aliphatic heterocycles. The van der Waals surface area contributed by atoms with E-state index < -0.39 is 23.9 Å². The van der Waals surface area contributed by atoms with Crippen LogP contribution in [0.1, 0.15) is 97.6 Å². The highest BCUT2D eigenvalue weighted by molar-refractivity contribution is 9.12. The van der Waals surface area contributed by atoms with Gasteiger partial charge in [-0.15, -0.1) is 0 Å². The molecule has 21 heteroatoms. The molecule has 0 radical (unpaired) electrons. The van der Waals surface area contributed by atoms with E-state index in [-0.39, 0.29) is 78.2 Å². The molecule has 422 valence electrons. The summed E-state index contributed by atoms with van der Waals surface area (Å²) in [5.74, 6) is -0.363. The molecule has 0 aromatic heterocycles. The maximum atomic E-state index is 14.1. The number of carbonyl (C=O) groups excluding carboxylic acids is 7. The van der Waals surface area contributed by atoms with E-state index in [9.17, 15) is 33.6 Å². The van der Waals surface area contributed by atoms with E-state index in [2.05, 4.69) is 31.9 Å². The minimum atomic E-state index is -0.930. The number of amides is 7. The molecule has 5 heterocycles. The van der Waals surface area contributed by atoms with E-state index in [1.807, 2.05) is 48.8 Å². The van der Waals surface area contributed by atoms with Crippen LogP contribution >= 0.6 is 15.9 Å². The van der Waals surface area contributed by atoms with Crippen LogP contribution in [0.2, 0.25) is 0 Å². The predicted octanol–water partition coefficient (Wildman–Crippen LogP) is 8.30. The molecule has 3 N–H and O–H groups in total. The monoisotopic (exact) mass is 1170 g/mol. The minimum absolute atomic E-state index is 0.152. The second-order valence-corrected chi connectivity index (χ2v) is 21.2. The number of nitrogens with zero attached hydrogens (tertiary/aromatic N) is 5. The van der Waals surface area contributed by atoms with Crippen LogP contribution in [0.5, 0.6) is 28.7 Å². The van der Waals surface area contributed by atoms with E-state index >= 15 is 0 Å². The van der Waals surface area contributed by atoms with Crippen LogP contribution in [0, 0.1) is 5.92 Å². The number of methoxy groups -OCH3 is 3. The van der Waals surface area contributed by atoms with Gasteiger partial charge in [0.2, 0.25) is 17.7 Å². The predicted molar refractivity (Wildman–Crippen MR) is 308 cm³/mol. The lowest BCUT2D eigenvalue weighted by atomic mass is 10.0. The van der Waals surface area contributed by atoms with Gasteiger partial charge in [0.05, 0.1) is 73.6 Å². The Bertz CT molecular complexity index is 3300. The number of rotatable bonds is 23. The summed E-state index contributed by atoms with van der Waals surface area (Å²) < 4.78 is 29.2. The van der Waals surface area contributed by atoms with E-state index in [0.29, 0.717) is 89.7 Å². The maximum absolute atomic E-state index is 14.1. The summed E-state index contributed by atoms with van der Waals surface area (Å²) in [6.45, 7) is 5.90. The number of hydrogen-bond acceptors (Lipinski definition) is 14. The summed E-state index contributed by atoms with van der Waals surface area (Å²) in [5.41, 5.74) is 5.93. The van der Waals surface area contributed by atoms with Crippen molar-refractivity contribution in [2.75, 3.05) is 46.4 Å². The van der Waals surface area contributed by atoms with Gasteiger partial charge in [-0.05, 0) is 100 Å². The molecule has 9 rings (SSSR count). The molecule has 4 aromatic rings. The standard InChI is InChI=1S/C60H63BrN8O12/c1-34(2)55(66-53(70)11-8-7-9-20-67-54(71)27-46(61)60(67)76)57(73)64-35(3)56(72)65-40-16-12-36(13-17-40)38-23-41-30-62-47-28-51(49(78-5)25-44(47)58(74)68(41)32-38)80-21-10-22-81-52-29-48-45(26-50(52)79-6)59(75)69-33-39(24-42(69)31-63-48)37-14-18-43(77-4)19-15-37/h12-19,25-35,41-42,55H,7-11,20-24H2,1-6H3,(H,64,73)(H,65,72)(H,66,70)/t35-,41+,42?,55?/m1/s1. The fourth-order valence-corrected chi connectivity index (χ4v) is 10.4. The first kappa shape index (κ1) is 57.1. The van der Waals surface area contributed by atoms with Crippen molar-refractivity contribution >= 4 is 97.9 Å². The number of unbranched alkanes of at least 4 members (excludes halogenated alkanes) is 2. The Labute approximate surface area is 477 Å². The Morgan fingerprint density at radius 2 is 1.19 bits per heavy atom. The molecule has 4 atom stereocenters. The second kappa shape index (κ2) is 25.2. The average molecular weight is 1170 g/mol. The first-order valence-corrected chi connectivity index (χ1v) is 27.6. The van der Waals surface area contributed by atoms with Gasteiger partial charge in [0, 0.05) is 81.0 Å². The molecule has 0 aliphatic carbocycles. The smallest absolute Gasteiger partial charge is 0.267 e. The van der Waals surface area contributed by atoms with Crippen LogP contribution in [-0.4, -0.2) is 134 Å². The van der Waals surface area contributed by atoms with Gasteiger partial charge in [-0.2, -0.15) is 0 Å². The highest BCUT2D eigenvalue weighted by Gasteiger charge is 2.36. The molecule has 20 nitrogen and oxygen atoms in total. The van der Waals surface area contributed by atoms with Crippen molar-refractivity contribution in [3.05, 3.63) is 118 Å². The number of imide groups is 1. The fourth-order valence-electron chi connectivity index (χ4n) is 9.96. The number of fused-ring (bicyclic) bond motifs is 4. The van der Waals surface area contributed by atoms with Crippen LogP contribution in [0.3, 0.4) is 0 Å². The van der Waals surface area contributed by atoms with Gasteiger partial charge in [-0.1, -0.05) is 44.5 Å². The summed E-state index contributed by atoms with van der Waals surface area (Å²) in [4.78, 5) is 105. The second-order valence-electron chi connectivity index (χ2n) is 20.3. The number of nitrogens with one attached hydrogen (secondary N) is 3. The molecule has 0 spiro atoms. The average Bonchev–Trinajstić information content (AvgIpc) is 4.23. The van der Waals surface area contributed by atoms with Crippen molar-refractivity contribution in [2.24, 2.45) is 15.9 Å². The third-order valence-corrected chi connectivity index (χ3v) is 15.1. The summed E-state index contributed by atoms with van der Waals surface area (Å²) in [6.07, 6.45) is 11.8. The van der Waals surface area contributed by atoms with Gasteiger partial charge >= 0.3 is 0 Å². The highest BCUT2D eigenvalue weighted by atomic mass is 79.9. The number of aliphatic imine (C=N–C) groups is 2. The van der Waals surface area contributed by atoms with Crippen molar-refractivity contribution in [2.45, 2.75) is 89.9 Å². The van der Waals surface area contributed by atoms with Crippen LogP contribution in [-0.2, 0) is 24.0 Å². The maximum Gasteiger partial charge on any atom is 0.267 e. The van der Waals surface area contributed by atoms with Gasteiger partial charge in [-0.25, -0.2) is 0 Å². The summed E-state index contributed by atoms with van der Waals surface area (Å²) in [5, 5.41) is 8.34. The van der Waals surface area contributed by atoms with Crippen LogP contribution in [0.4, 0.5) is 17.1 Å². The summed E-state index contributed by atoms with van der Waals surface area (Å²) in [7, 11) is 4.65. The van der Waals surface area contributed by atoms with Gasteiger partial charge in [0.15, 0.2) is 23.0 Å². The third kappa shape index (κ3) is 12.9. The SMILES string of the molecule is COc1ccc(C2=CN3C(=O)c4cc(OC)c(OCCCOc5cc6c(cc5OC)C(=O)N5C=C(c7ccc(NC(=O)[C@@H](C)NC(=O)C(NC(=O)CCCCCN8C(=O)C=C(Br)C8=O)C(C)C)cc7)C[C@H]5C=N6)cc4N=CC3C2)cc1. The first-order valence-electron chi connectivity index (χ1n) is 26.8. The van der Waals surface area contributed by atoms with Crippen molar-refractivity contribution in [1.29, 1.82) is 0 Å². The number of hydrogen-bond donors (Lipinski definition) is 3. The Kier molecular flexibility index (Phi) is 17.8. The van der Waals surface area contributed by atoms with Crippen molar-refractivity contribution in [1.82, 2.24) is 25.3 Å². The van der Waals surface area contributed by atoms with E-state index in [1.54, 1.807) is 86.5 Å². The quantitative estimate of drug-likeness (QED) is 0.0470. The van der Waals surface area contributed by atoms with Crippen molar-refractivity contribution < 1.29 is 57.2 Å². The van der Waals surface area contributed by atoms with Crippen molar-refractivity contribution in [3.8, 4) is 28.7 Å². The molecule has 0 saturated heterocycles. The molecule has 7 amide bonds. The first-order chi connectivity index (χ1) is 39.0. The Morgan fingerprint density at radius 3 is 1.68 bits per heavy atom. The van der Waals surface area contributed by atoms with Crippen LogP contribution in [0.15, 0.2) is 106 Å². The molecule has 0 bridgehead atoms. The fraction of sp³-hybridized carbons (Fsp3) is 0.350. The lowest BCUT2D eigenvalue weighted by molar-refractivity contribution is -0.137. The highest BCUT2D eigenvalue weighted by Crippen LogP contribution is 2.42. The largest absolute Gasteiger partial charge is 0.497 e. The van der Waals surface area contributed by atoms with Crippen molar-refractivity contribution in [3.63, 3.8) is 0 Å². The number of halogens is 1. The van der Waals surface area contributed by atoms with E-state index in [1.165, 1.54) is 20.3 Å². The number of carbonyl (C=O) groups is 7. The number of anilines is 1. The van der Waals surface area contributed by atoms with Gasteiger partial charge in [0.1, 0.15) is 17.8 Å². The topological polar surface area (TPSA) is 236 Å². The molecule has 0 saturated carbocycles. The molecule has 5 aliphatic rings. The molecular formula is C60H63BrN8O12. The zero-order valence-electron chi connectivity index (χ0n) is 45.8. The summed E-state index contributed by atoms with van der Waals surface area (Å²) in [6, 6.07) is 19.2. The molecule has 81 heavy (non-hydrogen) atoms. The molecule has 4 aromatic carbocycles. The number of benzene rings is 4. The molecule has 2 unspecified atom stereocenters. The number of ether oxygens (including phenoxy) is 5. The Balaban J connectivity index is 0.736. The lowest BCUT2D eigenvalue weighted by Gasteiger charge is -2.24. The zero-order chi connectivity index (χ0) is 57.5. The third-order valence-electron chi connectivity index (χ3n) is 14.5. The van der Waals surface area contributed by atoms with Gasteiger partial charge in [-0.3, -0.25) is 48.4 Å². The van der Waals surface area contributed by atoms with Crippen LogP contribution < -0.4 is 39.6 Å².